The Hall–Kier alpha value is 0.310. The molecule has 0 aromatic heterocycles. The van der Waals surface area contributed by atoms with Gasteiger partial charge in [0.2, 0.25) is 0 Å². The first-order valence-corrected chi connectivity index (χ1v) is 7.60. The minimum atomic E-state index is -0.690. The van der Waals surface area contributed by atoms with Crippen LogP contribution in [0.25, 0.3) is 0 Å². The summed E-state index contributed by atoms with van der Waals surface area (Å²) in [7, 11) is 0. The maximum absolute atomic E-state index is 10.0. The van der Waals surface area contributed by atoms with Gasteiger partial charge in [0.1, 0.15) is 4.93 Å². The third kappa shape index (κ3) is 7.56. The minimum Gasteiger partial charge on any atom is -0.380 e. The molecule has 1 rings (SSSR count). The largest absolute Gasteiger partial charge is 0.380 e. The number of aliphatic hydroxyl groups is 1. The van der Waals surface area contributed by atoms with Gasteiger partial charge >= 0.3 is 0 Å². The van der Waals surface area contributed by atoms with Crippen molar-refractivity contribution in [2.24, 2.45) is 0 Å². The lowest BCUT2D eigenvalue weighted by atomic mass is 9.99. The lowest BCUT2D eigenvalue weighted by Crippen LogP contribution is -2.20. The third-order valence-corrected chi connectivity index (χ3v) is 4.10. The normalized spacial score (nSPS) is 25.9. The van der Waals surface area contributed by atoms with Crippen molar-refractivity contribution in [3.8, 4) is 0 Å². The van der Waals surface area contributed by atoms with Gasteiger partial charge in [0.05, 0.1) is 0 Å². The average Bonchev–Trinajstić information content (AvgIpc) is 2.24. The molecule has 1 N–H and O–H groups in total. The topological polar surface area (TPSA) is 20.2 Å². The lowest BCUT2D eigenvalue weighted by molar-refractivity contribution is 0.113. The monoisotopic (exact) mass is 244 g/mol. The van der Waals surface area contributed by atoms with E-state index < -0.39 is 4.93 Å². The van der Waals surface area contributed by atoms with Crippen LogP contribution >= 0.6 is 12.6 Å². The zero-order valence-electron chi connectivity index (χ0n) is 10.6. The van der Waals surface area contributed by atoms with E-state index in [4.69, 9.17) is 0 Å². The van der Waals surface area contributed by atoms with Gasteiger partial charge in [0.15, 0.2) is 0 Å². The Morgan fingerprint density at radius 3 is 1.12 bits per heavy atom. The maximum atomic E-state index is 10.0. The molecule has 96 valence electrons. The fourth-order valence-corrected chi connectivity index (χ4v) is 2.85. The van der Waals surface area contributed by atoms with Crippen molar-refractivity contribution in [3.63, 3.8) is 0 Å². The molecule has 1 aliphatic carbocycles. The molecule has 0 aromatic rings. The molecular formula is C14H28OS. The van der Waals surface area contributed by atoms with Crippen molar-refractivity contribution in [2.75, 3.05) is 0 Å². The van der Waals surface area contributed by atoms with Gasteiger partial charge in [-0.1, -0.05) is 57.8 Å². The van der Waals surface area contributed by atoms with Crippen molar-refractivity contribution >= 4 is 12.6 Å². The Bertz CT molecular complexity index is 152. The summed E-state index contributed by atoms with van der Waals surface area (Å²) in [5.41, 5.74) is 0. The van der Waals surface area contributed by atoms with Crippen LogP contribution in [0.2, 0.25) is 0 Å². The second kappa shape index (κ2) is 8.41. The fraction of sp³-hybridized carbons (Fsp3) is 1.00. The summed E-state index contributed by atoms with van der Waals surface area (Å²) < 4.78 is 0. The molecule has 0 atom stereocenters. The van der Waals surface area contributed by atoms with Crippen LogP contribution in [0.5, 0.6) is 0 Å². The highest BCUT2D eigenvalue weighted by Crippen LogP contribution is 2.27. The molecule has 0 spiro atoms. The Morgan fingerprint density at radius 1 is 0.562 bits per heavy atom. The molecule has 0 radical (unpaired) electrons. The first-order chi connectivity index (χ1) is 7.71. The van der Waals surface area contributed by atoms with Crippen LogP contribution < -0.4 is 0 Å². The second-order valence-corrected chi connectivity index (χ2v) is 6.20. The van der Waals surface area contributed by atoms with Crippen molar-refractivity contribution in [1.82, 2.24) is 0 Å². The van der Waals surface area contributed by atoms with Crippen LogP contribution in [-0.2, 0) is 0 Å². The third-order valence-electron chi connectivity index (χ3n) is 3.65. The van der Waals surface area contributed by atoms with E-state index in [0.29, 0.717) is 0 Å². The smallest absolute Gasteiger partial charge is 0.107 e. The van der Waals surface area contributed by atoms with Gasteiger partial charge in [-0.15, -0.1) is 12.6 Å². The summed E-state index contributed by atoms with van der Waals surface area (Å²) in [4.78, 5) is -0.690. The number of hydrogen-bond donors (Lipinski definition) is 2. The zero-order valence-corrected chi connectivity index (χ0v) is 11.5. The Morgan fingerprint density at radius 2 is 0.812 bits per heavy atom. The van der Waals surface area contributed by atoms with Gasteiger partial charge in [-0.05, 0) is 25.7 Å². The standard InChI is InChI=1S/C14H28OS/c15-14(16)12-10-8-6-4-2-1-3-5-7-9-11-13-14/h15-16H,1-13H2. The highest BCUT2D eigenvalue weighted by Gasteiger charge is 2.19. The number of rotatable bonds is 0. The summed E-state index contributed by atoms with van der Waals surface area (Å²) in [5, 5.41) is 10.0. The summed E-state index contributed by atoms with van der Waals surface area (Å²) in [6.07, 6.45) is 16.2. The molecule has 16 heavy (non-hydrogen) atoms. The number of hydrogen-bond acceptors (Lipinski definition) is 2. The van der Waals surface area contributed by atoms with E-state index in [1.807, 2.05) is 0 Å². The van der Waals surface area contributed by atoms with Crippen LogP contribution in [0.4, 0.5) is 0 Å². The molecule has 0 bridgehead atoms. The molecule has 0 amide bonds. The minimum absolute atomic E-state index is 0.690. The summed E-state index contributed by atoms with van der Waals surface area (Å²) in [6, 6.07) is 0. The van der Waals surface area contributed by atoms with Crippen LogP contribution in [0, 0.1) is 0 Å². The van der Waals surface area contributed by atoms with E-state index in [0.717, 1.165) is 25.7 Å². The molecule has 1 fully saturated rings. The van der Waals surface area contributed by atoms with Crippen LogP contribution in [0.3, 0.4) is 0 Å². The van der Waals surface area contributed by atoms with E-state index in [1.54, 1.807) is 0 Å². The molecule has 0 saturated heterocycles. The Labute approximate surface area is 106 Å². The molecule has 0 aromatic carbocycles. The van der Waals surface area contributed by atoms with E-state index in [-0.39, 0.29) is 0 Å². The summed E-state index contributed by atoms with van der Waals surface area (Å²) in [5.74, 6) is 0. The van der Waals surface area contributed by atoms with E-state index >= 15 is 0 Å². The molecule has 0 unspecified atom stereocenters. The van der Waals surface area contributed by atoms with Gasteiger partial charge in [-0.3, -0.25) is 0 Å². The Kier molecular flexibility index (Phi) is 7.55. The highest BCUT2D eigenvalue weighted by molar-refractivity contribution is 7.81. The van der Waals surface area contributed by atoms with Crippen LogP contribution in [-0.4, -0.2) is 10.0 Å². The zero-order chi connectivity index (χ0) is 11.7. The first-order valence-electron chi connectivity index (χ1n) is 7.15. The molecule has 2 heteroatoms. The van der Waals surface area contributed by atoms with Crippen molar-refractivity contribution in [2.45, 2.75) is 88.4 Å². The average molecular weight is 244 g/mol. The van der Waals surface area contributed by atoms with Gasteiger partial charge in [-0.2, -0.15) is 0 Å². The maximum Gasteiger partial charge on any atom is 0.107 e. The molecular weight excluding hydrogens is 216 g/mol. The summed E-state index contributed by atoms with van der Waals surface area (Å²) in [6.45, 7) is 0. The molecule has 1 aliphatic rings. The van der Waals surface area contributed by atoms with Gasteiger partial charge in [0.25, 0.3) is 0 Å². The predicted molar refractivity (Wildman–Crippen MR) is 74.0 cm³/mol. The molecule has 0 aliphatic heterocycles. The molecule has 1 nitrogen and oxygen atoms in total. The quantitative estimate of drug-likeness (QED) is 0.468. The molecule has 0 heterocycles. The highest BCUT2D eigenvalue weighted by atomic mass is 32.1. The summed E-state index contributed by atoms with van der Waals surface area (Å²) >= 11 is 4.38. The van der Waals surface area contributed by atoms with E-state index in [2.05, 4.69) is 12.6 Å². The van der Waals surface area contributed by atoms with Crippen molar-refractivity contribution in [1.29, 1.82) is 0 Å². The lowest BCUT2D eigenvalue weighted by Gasteiger charge is -2.22. The fourth-order valence-electron chi connectivity index (χ4n) is 2.53. The first kappa shape index (κ1) is 14.4. The van der Waals surface area contributed by atoms with Crippen molar-refractivity contribution < 1.29 is 5.11 Å². The van der Waals surface area contributed by atoms with Crippen molar-refractivity contribution in [3.05, 3.63) is 0 Å². The SMILES string of the molecule is OC1(S)CCCCCCCCCCCCC1. The van der Waals surface area contributed by atoms with Crippen LogP contribution in [0.15, 0.2) is 0 Å². The van der Waals surface area contributed by atoms with Gasteiger partial charge in [0, 0.05) is 0 Å². The van der Waals surface area contributed by atoms with E-state index in [9.17, 15) is 5.11 Å². The second-order valence-electron chi connectivity index (χ2n) is 5.37. The Balaban J connectivity index is 2.22. The van der Waals surface area contributed by atoms with E-state index in [1.165, 1.54) is 57.8 Å². The molecule has 1 saturated carbocycles. The van der Waals surface area contributed by atoms with Gasteiger partial charge in [-0.25, -0.2) is 0 Å². The number of thiol groups is 1. The van der Waals surface area contributed by atoms with Crippen LogP contribution in [0.1, 0.15) is 83.5 Å². The predicted octanol–water partition coefficient (Wildman–Crippen LogP) is 4.69. The van der Waals surface area contributed by atoms with Gasteiger partial charge < -0.3 is 5.11 Å².